The Morgan fingerprint density at radius 2 is 1.89 bits per heavy atom. The molecule has 2 aromatic carbocycles. The highest BCUT2D eigenvalue weighted by molar-refractivity contribution is 7.89. The Kier molecular flexibility index (Phi) is 7.26. The van der Waals surface area contributed by atoms with E-state index in [9.17, 15) is 17.6 Å². The van der Waals surface area contributed by atoms with Crippen molar-refractivity contribution < 1.29 is 17.6 Å². The second-order valence-electron chi connectivity index (χ2n) is 5.60. The molecule has 2 rings (SSSR count). The Morgan fingerprint density at radius 1 is 1.18 bits per heavy atom. The monoisotopic (exact) mass is 402 g/mol. The molecule has 0 fully saturated rings. The number of rotatable bonds is 8. The molecule has 0 bridgehead atoms. The average molecular weight is 402 g/mol. The smallest absolute Gasteiger partial charge is 0.244 e. The summed E-state index contributed by atoms with van der Waals surface area (Å²) in [6.07, 6.45) is 2.88. The molecule has 0 aliphatic carbocycles. The molecule has 0 heterocycles. The molecule has 1 amide bonds. The van der Waals surface area contributed by atoms with Crippen molar-refractivity contribution >= 4 is 27.7 Å². The molecule has 0 radical (unpaired) electrons. The number of amides is 1. The third-order valence-electron chi connectivity index (χ3n) is 3.75. The molecule has 28 heavy (non-hydrogen) atoms. The molecular formula is C19H19FN4O3S. The lowest BCUT2D eigenvalue weighted by Crippen LogP contribution is -2.27. The van der Waals surface area contributed by atoms with Gasteiger partial charge in [-0.15, -0.1) is 0 Å². The highest BCUT2D eigenvalue weighted by Crippen LogP contribution is 2.17. The van der Waals surface area contributed by atoms with Gasteiger partial charge in [-0.1, -0.05) is 18.2 Å². The van der Waals surface area contributed by atoms with E-state index >= 15 is 0 Å². The van der Waals surface area contributed by atoms with E-state index in [-0.39, 0.29) is 22.9 Å². The summed E-state index contributed by atoms with van der Waals surface area (Å²) in [5.41, 5.74) is 0.961. The Hall–Kier alpha value is -3.22. The Bertz CT molecular complexity index is 1010. The minimum absolute atomic E-state index is 0.0718. The highest BCUT2D eigenvalue weighted by atomic mass is 32.2. The maximum absolute atomic E-state index is 13.5. The van der Waals surface area contributed by atoms with Crippen LogP contribution in [0.3, 0.4) is 0 Å². The summed E-state index contributed by atoms with van der Waals surface area (Å²) in [7, 11) is -2.16. The number of hydrogen-bond donors (Lipinski definition) is 3. The molecule has 7 nitrogen and oxygen atoms in total. The number of nitrogens with one attached hydrogen (secondary N) is 3. The number of halogens is 1. The fourth-order valence-electron chi connectivity index (χ4n) is 2.27. The highest BCUT2D eigenvalue weighted by Gasteiger charge is 2.10. The third-order valence-corrected chi connectivity index (χ3v) is 5.18. The normalized spacial score (nSPS) is 11.2. The van der Waals surface area contributed by atoms with Crippen LogP contribution in [-0.4, -0.2) is 34.5 Å². The third kappa shape index (κ3) is 5.64. The van der Waals surface area contributed by atoms with Gasteiger partial charge in [0.2, 0.25) is 15.9 Å². The molecule has 0 aliphatic heterocycles. The van der Waals surface area contributed by atoms with Crippen LogP contribution in [0.25, 0.3) is 6.08 Å². The number of nitriles is 1. The molecule has 0 aromatic heterocycles. The van der Waals surface area contributed by atoms with Gasteiger partial charge >= 0.3 is 0 Å². The number of carbonyl (C=O) groups excluding carboxylic acids is 1. The minimum atomic E-state index is -3.50. The molecule has 0 saturated carbocycles. The minimum Gasteiger partial charge on any atom is -0.382 e. The second-order valence-corrected chi connectivity index (χ2v) is 7.49. The van der Waals surface area contributed by atoms with Crippen LogP contribution in [0.4, 0.5) is 10.1 Å². The van der Waals surface area contributed by atoms with Crippen LogP contribution in [-0.2, 0) is 14.8 Å². The molecule has 0 atom stereocenters. The predicted octanol–water partition coefficient (Wildman–Crippen LogP) is 1.85. The summed E-state index contributed by atoms with van der Waals surface area (Å²) in [5.74, 6) is -0.943. The number of benzene rings is 2. The standard InChI is InChI=1S/C19H19FN4O3S/c1-22-28(26,27)15-8-5-14(6-9-15)7-10-19(25)24-12-11-23-18-4-2-3-17(20)16(18)13-21/h2-10,22-23H,11-12H2,1H3,(H,24,25). The largest absolute Gasteiger partial charge is 0.382 e. The van der Waals surface area contributed by atoms with E-state index in [0.29, 0.717) is 17.8 Å². The fraction of sp³-hybridized carbons (Fsp3) is 0.158. The van der Waals surface area contributed by atoms with Crippen LogP contribution >= 0.6 is 0 Å². The molecule has 0 unspecified atom stereocenters. The Morgan fingerprint density at radius 3 is 2.54 bits per heavy atom. The lowest BCUT2D eigenvalue weighted by atomic mass is 10.2. The van der Waals surface area contributed by atoms with Gasteiger partial charge in [0.1, 0.15) is 17.4 Å². The van der Waals surface area contributed by atoms with Crippen LogP contribution in [0.1, 0.15) is 11.1 Å². The molecule has 0 saturated heterocycles. The number of carbonyl (C=O) groups is 1. The summed E-state index contributed by atoms with van der Waals surface area (Å²) in [4.78, 5) is 12.0. The van der Waals surface area contributed by atoms with Crippen molar-refractivity contribution in [3.63, 3.8) is 0 Å². The number of hydrogen-bond acceptors (Lipinski definition) is 5. The quantitative estimate of drug-likeness (QED) is 0.461. The zero-order valence-corrected chi connectivity index (χ0v) is 15.9. The van der Waals surface area contributed by atoms with Crippen LogP contribution in [0.15, 0.2) is 53.4 Å². The van der Waals surface area contributed by atoms with Crippen molar-refractivity contribution in [2.75, 3.05) is 25.5 Å². The molecule has 0 aliphatic rings. The SMILES string of the molecule is CNS(=O)(=O)c1ccc(C=CC(=O)NCCNc2cccc(F)c2C#N)cc1. The first kappa shape index (κ1) is 21.1. The van der Waals surface area contributed by atoms with Gasteiger partial charge in [0, 0.05) is 19.2 Å². The van der Waals surface area contributed by atoms with Crippen molar-refractivity contribution in [3.05, 3.63) is 65.5 Å². The van der Waals surface area contributed by atoms with Gasteiger partial charge in [0.25, 0.3) is 0 Å². The molecule has 146 valence electrons. The molecule has 0 spiro atoms. The van der Waals surface area contributed by atoms with Gasteiger partial charge in [-0.25, -0.2) is 17.5 Å². The molecule has 3 N–H and O–H groups in total. The van der Waals surface area contributed by atoms with Gasteiger partial charge in [-0.05, 0) is 43.0 Å². The first-order chi connectivity index (χ1) is 13.4. The predicted molar refractivity (Wildman–Crippen MR) is 104 cm³/mol. The van der Waals surface area contributed by atoms with E-state index in [0.717, 1.165) is 0 Å². The van der Waals surface area contributed by atoms with Gasteiger partial charge in [-0.3, -0.25) is 4.79 Å². The second kappa shape index (κ2) is 9.64. The summed E-state index contributed by atoms with van der Waals surface area (Å²) in [6, 6.07) is 12.1. The van der Waals surface area contributed by atoms with Gasteiger partial charge in [0.15, 0.2) is 0 Å². The van der Waals surface area contributed by atoms with E-state index in [1.807, 2.05) is 0 Å². The lowest BCUT2D eigenvalue weighted by Gasteiger charge is -2.08. The van der Waals surface area contributed by atoms with Gasteiger partial charge in [0.05, 0.1) is 10.6 Å². The lowest BCUT2D eigenvalue weighted by molar-refractivity contribution is -0.116. The van der Waals surface area contributed by atoms with Gasteiger partial charge < -0.3 is 10.6 Å². The van der Waals surface area contributed by atoms with Crippen molar-refractivity contribution in [1.29, 1.82) is 5.26 Å². The van der Waals surface area contributed by atoms with Crippen molar-refractivity contribution in [3.8, 4) is 6.07 Å². The maximum Gasteiger partial charge on any atom is 0.244 e. The van der Waals surface area contributed by atoms with Crippen LogP contribution in [0.5, 0.6) is 0 Å². The van der Waals surface area contributed by atoms with E-state index in [4.69, 9.17) is 5.26 Å². The van der Waals surface area contributed by atoms with Crippen LogP contribution < -0.4 is 15.4 Å². The molecule has 2 aromatic rings. The first-order valence-corrected chi connectivity index (χ1v) is 9.77. The Balaban J connectivity index is 1.83. The van der Waals surface area contributed by atoms with Crippen molar-refractivity contribution in [2.45, 2.75) is 4.90 Å². The van der Waals surface area contributed by atoms with E-state index in [1.54, 1.807) is 30.3 Å². The summed E-state index contributed by atoms with van der Waals surface area (Å²) in [6.45, 7) is 0.582. The number of sulfonamides is 1. The topological polar surface area (TPSA) is 111 Å². The fourth-order valence-corrected chi connectivity index (χ4v) is 3.00. The average Bonchev–Trinajstić information content (AvgIpc) is 2.70. The van der Waals surface area contributed by atoms with Crippen LogP contribution in [0.2, 0.25) is 0 Å². The van der Waals surface area contributed by atoms with Crippen molar-refractivity contribution in [1.82, 2.24) is 10.0 Å². The summed E-state index contributed by atoms with van der Waals surface area (Å²) in [5, 5.41) is 14.5. The Labute approximate surface area is 162 Å². The van der Waals surface area contributed by atoms with E-state index in [1.165, 1.54) is 37.4 Å². The number of anilines is 1. The van der Waals surface area contributed by atoms with E-state index < -0.39 is 15.8 Å². The van der Waals surface area contributed by atoms with Crippen LogP contribution in [0, 0.1) is 17.1 Å². The summed E-state index contributed by atoms with van der Waals surface area (Å²) < 4.78 is 39.0. The summed E-state index contributed by atoms with van der Waals surface area (Å²) >= 11 is 0. The maximum atomic E-state index is 13.5. The van der Waals surface area contributed by atoms with E-state index in [2.05, 4.69) is 15.4 Å². The zero-order valence-electron chi connectivity index (χ0n) is 15.1. The number of nitrogens with zero attached hydrogens (tertiary/aromatic N) is 1. The molecular weight excluding hydrogens is 383 g/mol. The van der Waals surface area contributed by atoms with Crippen molar-refractivity contribution in [2.24, 2.45) is 0 Å². The van der Waals surface area contributed by atoms with Gasteiger partial charge in [-0.2, -0.15) is 5.26 Å². The first-order valence-electron chi connectivity index (χ1n) is 8.29. The molecule has 9 heteroatoms. The zero-order chi connectivity index (χ0) is 20.6.